The Balaban J connectivity index is 2.05. The second kappa shape index (κ2) is 5.17. The fourth-order valence-corrected chi connectivity index (χ4v) is 3.33. The Morgan fingerprint density at radius 1 is 1.32 bits per heavy atom. The number of hydrogen-bond donors (Lipinski definition) is 1. The Morgan fingerprint density at radius 3 is 2.89 bits per heavy atom. The van der Waals surface area contributed by atoms with Crippen molar-refractivity contribution in [2.45, 2.75) is 38.3 Å². The van der Waals surface area contributed by atoms with E-state index in [9.17, 15) is 0 Å². The van der Waals surface area contributed by atoms with Crippen molar-refractivity contribution < 1.29 is 0 Å². The average Bonchev–Trinajstić information content (AvgIpc) is 2.76. The first-order valence-electron chi connectivity index (χ1n) is 7.05. The van der Waals surface area contributed by atoms with Crippen LogP contribution in [0.4, 0.5) is 0 Å². The van der Waals surface area contributed by atoms with E-state index >= 15 is 0 Å². The molecule has 0 amide bonds. The minimum atomic E-state index is 0.367. The highest BCUT2D eigenvalue weighted by molar-refractivity contribution is 5.32. The zero-order chi connectivity index (χ0) is 13.2. The Hall–Kier alpha value is -1.61. The highest BCUT2D eigenvalue weighted by Gasteiger charge is 2.28. The van der Waals surface area contributed by atoms with E-state index < -0.39 is 0 Å². The Morgan fingerprint density at radius 2 is 2.16 bits per heavy atom. The molecule has 0 saturated carbocycles. The highest BCUT2D eigenvalue weighted by Crippen LogP contribution is 2.36. The van der Waals surface area contributed by atoms with Crippen molar-refractivity contribution in [3.63, 3.8) is 0 Å². The van der Waals surface area contributed by atoms with Crippen molar-refractivity contribution in [3.05, 3.63) is 53.6 Å². The Labute approximate surface area is 114 Å². The molecule has 2 unspecified atom stereocenters. The molecule has 0 fully saturated rings. The van der Waals surface area contributed by atoms with Crippen molar-refractivity contribution in [1.29, 1.82) is 0 Å². The average molecular weight is 255 g/mol. The number of fused-ring (bicyclic) bond motifs is 1. The summed E-state index contributed by atoms with van der Waals surface area (Å²) in [4.78, 5) is 4.38. The molecule has 3 rings (SSSR count). The molecule has 0 aliphatic heterocycles. The van der Waals surface area contributed by atoms with Gasteiger partial charge in [0.25, 0.3) is 0 Å². The zero-order valence-electron chi connectivity index (χ0n) is 11.6. The maximum atomic E-state index is 4.38. The molecule has 1 aliphatic rings. The summed E-state index contributed by atoms with van der Waals surface area (Å²) in [7, 11) is 2.06. The second-order valence-corrected chi connectivity index (χ2v) is 5.31. The van der Waals surface area contributed by atoms with Gasteiger partial charge in [0.15, 0.2) is 0 Å². The van der Waals surface area contributed by atoms with E-state index in [0.717, 1.165) is 5.82 Å². The van der Waals surface area contributed by atoms with Gasteiger partial charge in [0.1, 0.15) is 5.82 Å². The molecule has 2 atom stereocenters. The number of aryl methyl sites for hydroxylation is 2. The molecule has 0 saturated heterocycles. The van der Waals surface area contributed by atoms with Gasteiger partial charge < -0.3 is 9.88 Å². The standard InChI is InChI=1S/C16H21N3/c1-12-18-10-11-19(12)15-9-5-7-13-6-3-4-8-14(13)16(15)17-2/h3-4,6,8,10-11,15-17H,5,7,9H2,1-2H3. The van der Waals surface area contributed by atoms with Crippen molar-refractivity contribution in [2.75, 3.05) is 7.05 Å². The lowest BCUT2D eigenvalue weighted by Gasteiger charge is -2.28. The number of rotatable bonds is 2. The molecular formula is C16H21N3. The molecule has 1 aromatic heterocycles. The minimum absolute atomic E-state index is 0.367. The lowest BCUT2D eigenvalue weighted by atomic mass is 9.96. The molecule has 0 spiro atoms. The van der Waals surface area contributed by atoms with Crippen LogP contribution in [0.5, 0.6) is 0 Å². The summed E-state index contributed by atoms with van der Waals surface area (Å²) in [6.45, 7) is 2.09. The Bertz CT molecular complexity index is 559. The van der Waals surface area contributed by atoms with E-state index in [-0.39, 0.29) is 0 Å². The number of likely N-dealkylation sites (N-methyl/N-ethyl adjacent to an activating group) is 1. The summed E-state index contributed by atoms with van der Waals surface area (Å²) in [5.74, 6) is 1.10. The van der Waals surface area contributed by atoms with E-state index in [2.05, 4.69) is 59.3 Å². The number of nitrogens with zero attached hydrogens (tertiary/aromatic N) is 2. The van der Waals surface area contributed by atoms with Gasteiger partial charge in [-0.1, -0.05) is 24.3 Å². The van der Waals surface area contributed by atoms with Crippen LogP contribution in [-0.2, 0) is 6.42 Å². The molecule has 3 nitrogen and oxygen atoms in total. The van der Waals surface area contributed by atoms with E-state index in [4.69, 9.17) is 0 Å². The summed E-state index contributed by atoms with van der Waals surface area (Å²) >= 11 is 0. The smallest absolute Gasteiger partial charge is 0.105 e. The van der Waals surface area contributed by atoms with Crippen LogP contribution in [0.3, 0.4) is 0 Å². The molecule has 0 radical (unpaired) electrons. The van der Waals surface area contributed by atoms with Gasteiger partial charge in [0.2, 0.25) is 0 Å². The van der Waals surface area contributed by atoms with Crippen LogP contribution < -0.4 is 5.32 Å². The quantitative estimate of drug-likeness (QED) is 0.836. The molecule has 1 heterocycles. The van der Waals surface area contributed by atoms with Crippen molar-refractivity contribution in [3.8, 4) is 0 Å². The lowest BCUT2D eigenvalue weighted by Crippen LogP contribution is -2.27. The second-order valence-electron chi connectivity index (χ2n) is 5.31. The summed E-state index contributed by atoms with van der Waals surface area (Å²) in [5, 5.41) is 3.52. The van der Waals surface area contributed by atoms with Gasteiger partial charge in [-0.25, -0.2) is 4.98 Å². The third-order valence-electron chi connectivity index (χ3n) is 4.25. The van der Waals surface area contributed by atoms with Gasteiger partial charge in [-0.15, -0.1) is 0 Å². The molecular weight excluding hydrogens is 234 g/mol. The van der Waals surface area contributed by atoms with Crippen molar-refractivity contribution >= 4 is 0 Å². The molecule has 1 aromatic carbocycles. The maximum Gasteiger partial charge on any atom is 0.105 e. The first-order valence-corrected chi connectivity index (χ1v) is 7.05. The highest BCUT2D eigenvalue weighted by atomic mass is 15.1. The fraction of sp³-hybridized carbons (Fsp3) is 0.438. The summed E-state index contributed by atoms with van der Waals surface area (Å²) in [5.41, 5.74) is 2.93. The van der Waals surface area contributed by atoms with Crippen LogP contribution in [0, 0.1) is 6.92 Å². The van der Waals surface area contributed by atoms with Crippen LogP contribution >= 0.6 is 0 Å². The molecule has 100 valence electrons. The maximum absolute atomic E-state index is 4.38. The molecule has 3 heteroatoms. The third kappa shape index (κ3) is 2.19. The van der Waals surface area contributed by atoms with E-state index in [1.54, 1.807) is 0 Å². The van der Waals surface area contributed by atoms with Crippen LogP contribution in [0.25, 0.3) is 0 Å². The number of imidazole rings is 1. The topological polar surface area (TPSA) is 29.9 Å². The third-order valence-corrected chi connectivity index (χ3v) is 4.25. The fourth-order valence-electron chi connectivity index (χ4n) is 3.33. The van der Waals surface area contributed by atoms with Crippen molar-refractivity contribution in [1.82, 2.24) is 14.9 Å². The lowest BCUT2D eigenvalue weighted by molar-refractivity contribution is 0.349. The molecule has 0 bridgehead atoms. The van der Waals surface area contributed by atoms with Crippen molar-refractivity contribution in [2.24, 2.45) is 0 Å². The van der Waals surface area contributed by atoms with Gasteiger partial charge in [0, 0.05) is 12.4 Å². The van der Waals surface area contributed by atoms with Gasteiger partial charge in [0.05, 0.1) is 12.1 Å². The van der Waals surface area contributed by atoms with E-state index in [1.165, 1.54) is 30.4 Å². The number of hydrogen-bond acceptors (Lipinski definition) is 2. The SMILES string of the molecule is CNC1c2ccccc2CCCC1n1ccnc1C. The molecule has 19 heavy (non-hydrogen) atoms. The largest absolute Gasteiger partial charge is 0.330 e. The van der Waals surface area contributed by atoms with Gasteiger partial charge >= 0.3 is 0 Å². The minimum Gasteiger partial charge on any atom is -0.330 e. The van der Waals surface area contributed by atoms with Crippen LogP contribution in [0.1, 0.15) is 41.9 Å². The zero-order valence-corrected chi connectivity index (χ0v) is 11.6. The predicted octanol–water partition coefficient (Wildman–Crippen LogP) is 3.03. The summed E-state index contributed by atoms with van der Waals surface area (Å²) < 4.78 is 2.32. The van der Waals surface area contributed by atoms with Gasteiger partial charge in [-0.2, -0.15) is 0 Å². The van der Waals surface area contributed by atoms with Gasteiger partial charge in [-0.3, -0.25) is 0 Å². The molecule has 1 aliphatic carbocycles. The number of nitrogens with one attached hydrogen (secondary N) is 1. The summed E-state index contributed by atoms with van der Waals surface area (Å²) in [6.07, 6.45) is 7.62. The number of benzene rings is 1. The molecule has 2 aromatic rings. The van der Waals surface area contributed by atoms with E-state index in [0.29, 0.717) is 12.1 Å². The van der Waals surface area contributed by atoms with Crippen LogP contribution in [-0.4, -0.2) is 16.6 Å². The normalized spacial score (nSPS) is 22.8. The first kappa shape index (κ1) is 12.4. The Kier molecular flexibility index (Phi) is 3.38. The van der Waals surface area contributed by atoms with Crippen LogP contribution in [0.2, 0.25) is 0 Å². The summed E-state index contributed by atoms with van der Waals surface area (Å²) in [6, 6.07) is 9.65. The first-order chi connectivity index (χ1) is 9.31. The van der Waals surface area contributed by atoms with E-state index in [1.807, 2.05) is 6.20 Å². The monoisotopic (exact) mass is 255 g/mol. The number of aromatic nitrogens is 2. The molecule has 1 N–H and O–H groups in total. The predicted molar refractivity (Wildman–Crippen MR) is 77.2 cm³/mol. The van der Waals surface area contributed by atoms with Gasteiger partial charge in [-0.05, 0) is 44.4 Å². The van der Waals surface area contributed by atoms with Crippen LogP contribution in [0.15, 0.2) is 36.7 Å².